The van der Waals surface area contributed by atoms with Crippen LogP contribution in [0.25, 0.3) is 0 Å². The van der Waals surface area contributed by atoms with Crippen molar-refractivity contribution < 1.29 is 4.79 Å². The summed E-state index contributed by atoms with van der Waals surface area (Å²) in [4.78, 5) is 14.1. The fourth-order valence-electron chi connectivity index (χ4n) is 3.01. The highest BCUT2D eigenvalue weighted by molar-refractivity contribution is 5.85. The topological polar surface area (TPSA) is 32.3 Å². The van der Waals surface area contributed by atoms with Gasteiger partial charge in [-0.25, -0.2) is 0 Å². The maximum absolute atomic E-state index is 12.1. The zero-order valence-corrected chi connectivity index (χ0v) is 11.6. The van der Waals surface area contributed by atoms with Crippen molar-refractivity contribution in [1.29, 1.82) is 0 Å². The second kappa shape index (κ2) is 7.22. The normalized spacial score (nSPS) is 22.5. The van der Waals surface area contributed by atoms with E-state index in [1.54, 1.807) is 0 Å². The molecule has 17 heavy (non-hydrogen) atoms. The van der Waals surface area contributed by atoms with E-state index in [0.717, 1.165) is 32.4 Å². The van der Waals surface area contributed by atoms with Gasteiger partial charge in [0.2, 0.25) is 5.91 Å². The SMILES string of the molecule is CNC1CCN(C(=O)CC2CCCC2)CC1.Cl. The molecule has 100 valence electrons. The molecule has 1 heterocycles. The minimum atomic E-state index is 0. The predicted octanol–water partition coefficient (Wildman–Crippen LogP) is 2.20. The van der Waals surface area contributed by atoms with Gasteiger partial charge < -0.3 is 10.2 Å². The van der Waals surface area contributed by atoms with E-state index in [0.29, 0.717) is 17.9 Å². The van der Waals surface area contributed by atoms with Gasteiger partial charge in [0.05, 0.1) is 0 Å². The van der Waals surface area contributed by atoms with Crippen molar-refractivity contribution in [2.45, 2.75) is 51.0 Å². The number of amides is 1. The van der Waals surface area contributed by atoms with Gasteiger partial charge in [0.15, 0.2) is 0 Å². The van der Waals surface area contributed by atoms with Crippen LogP contribution in [0.2, 0.25) is 0 Å². The molecule has 1 aliphatic heterocycles. The molecule has 0 radical (unpaired) electrons. The number of rotatable bonds is 3. The number of nitrogens with one attached hydrogen (secondary N) is 1. The average molecular weight is 261 g/mol. The molecule has 1 N–H and O–H groups in total. The molecule has 1 aliphatic carbocycles. The number of piperidine rings is 1. The smallest absolute Gasteiger partial charge is 0.222 e. The molecular formula is C13H25ClN2O. The molecule has 2 rings (SSSR count). The number of hydrogen-bond donors (Lipinski definition) is 1. The zero-order chi connectivity index (χ0) is 11.4. The van der Waals surface area contributed by atoms with Crippen LogP contribution in [0.4, 0.5) is 0 Å². The van der Waals surface area contributed by atoms with Crippen molar-refractivity contribution in [1.82, 2.24) is 10.2 Å². The lowest BCUT2D eigenvalue weighted by Gasteiger charge is -2.32. The Bertz CT molecular complexity index is 234. The van der Waals surface area contributed by atoms with Gasteiger partial charge >= 0.3 is 0 Å². The first-order chi connectivity index (χ1) is 7.79. The highest BCUT2D eigenvalue weighted by Gasteiger charge is 2.25. The molecule has 0 aromatic carbocycles. The van der Waals surface area contributed by atoms with Gasteiger partial charge in [-0.2, -0.15) is 0 Å². The highest BCUT2D eigenvalue weighted by atomic mass is 35.5. The van der Waals surface area contributed by atoms with Gasteiger partial charge in [-0.1, -0.05) is 12.8 Å². The summed E-state index contributed by atoms with van der Waals surface area (Å²) < 4.78 is 0. The summed E-state index contributed by atoms with van der Waals surface area (Å²) in [5.41, 5.74) is 0. The fraction of sp³-hybridized carbons (Fsp3) is 0.923. The monoisotopic (exact) mass is 260 g/mol. The van der Waals surface area contributed by atoms with E-state index >= 15 is 0 Å². The van der Waals surface area contributed by atoms with Crippen LogP contribution >= 0.6 is 12.4 Å². The number of hydrogen-bond acceptors (Lipinski definition) is 2. The van der Waals surface area contributed by atoms with E-state index in [9.17, 15) is 4.79 Å². The van der Waals surface area contributed by atoms with Gasteiger partial charge in [0.1, 0.15) is 0 Å². The van der Waals surface area contributed by atoms with E-state index in [1.807, 2.05) is 7.05 Å². The van der Waals surface area contributed by atoms with Crippen LogP contribution < -0.4 is 5.32 Å². The predicted molar refractivity (Wildman–Crippen MR) is 72.5 cm³/mol. The second-order valence-electron chi connectivity index (χ2n) is 5.30. The third-order valence-electron chi connectivity index (χ3n) is 4.19. The second-order valence-corrected chi connectivity index (χ2v) is 5.30. The summed E-state index contributed by atoms with van der Waals surface area (Å²) in [6.45, 7) is 1.91. The first-order valence-electron chi connectivity index (χ1n) is 6.74. The molecule has 1 saturated heterocycles. The van der Waals surface area contributed by atoms with Crippen molar-refractivity contribution in [2.24, 2.45) is 5.92 Å². The van der Waals surface area contributed by atoms with Crippen molar-refractivity contribution in [3.8, 4) is 0 Å². The summed E-state index contributed by atoms with van der Waals surface area (Å²) in [5.74, 6) is 1.09. The van der Waals surface area contributed by atoms with Crippen molar-refractivity contribution in [3.05, 3.63) is 0 Å². The number of carbonyl (C=O) groups is 1. The standard InChI is InChI=1S/C13H24N2O.ClH/c1-14-12-6-8-15(9-7-12)13(16)10-11-4-2-3-5-11;/h11-12,14H,2-10H2,1H3;1H. The summed E-state index contributed by atoms with van der Waals surface area (Å²) in [7, 11) is 2.01. The van der Waals surface area contributed by atoms with Gasteiger partial charge in [0.25, 0.3) is 0 Å². The quantitative estimate of drug-likeness (QED) is 0.844. The average Bonchev–Trinajstić information content (AvgIpc) is 2.82. The Balaban J connectivity index is 0.00000144. The van der Waals surface area contributed by atoms with E-state index < -0.39 is 0 Å². The molecule has 4 heteroatoms. The number of halogens is 1. The first-order valence-corrected chi connectivity index (χ1v) is 6.74. The molecule has 2 aliphatic rings. The van der Waals surface area contributed by atoms with Crippen LogP contribution in [-0.4, -0.2) is 37.0 Å². The Morgan fingerprint density at radius 2 is 1.76 bits per heavy atom. The summed E-state index contributed by atoms with van der Waals surface area (Å²) in [6.07, 6.45) is 8.26. The Morgan fingerprint density at radius 3 is 2.29 bits per heavy atom. The lowest BCUT2D eigenvalue weighted by Crippen LogP contribution is -2.44. The summed E-state index contributed by atoms with van der Waals surface area (Å²) in [6, 6.07) is 0.621. The highest BCUT2D eigenvalue weighted by Crippen LogP contribution is 2.28. The molecule has 0 bridgehead atoms. The Morgan fingerprint density at radius 1 is 1.18 bits per heavy atom. The molecule has 1 saturated carbocycles. The summed E-state index contributed by atoms with van der Waals surface area (Å²) >= 11 is 0. The molecule has 1 amide bonds. The summed E-state index contributed by atoms with van der Waals surface area (Å²) in [5, 5.41) is 3.30. The molecular weight excluding hydrogens is 236 g/mol. The van der Waals surface area contributed by atoms with Crippen molar-refractivity contribution >= 4 is 18.3 Å². The first kappa shape index (κ1) is 14.8. The Hall–Kier alpha value is -0.280. The zero-order valence-electron chi connectivity index (χ0n) is 10.8. The third-order valence-corrected chi connectivity index (χ3v) is 4.19. The van der Waals surface area contributed by atoms with E-state index in [1.165, 1.54) is 25.7 Å². The maximum Gasteiger partial charge on any atom is 0.222 e. The van der Waals surface area contributed by atoms with E-state index in [2.05, 4.69) is 10.2 Å². The van der Waals surface area contributed by atoms with Gasteiger partial charge in [-0.05, 0) is 38.6 Å². The van der Waals surface area contributed by atoms with Gasteiger partial charge in [0, 0.05) is 25.6 Å². The Kier molecular flexibility index (Phi) is 6.28. The molecule has 0 spiro atoms. The van der Waals surface area contributed by atoms with Crippen molar-refractivity contribution in [2.75, 3.05) is 20.1 Å². The van der Waals surface area contributed by atoms with Crippen LogP contribution in [0.3, 0.4) is 0 Å². The van der Waals surface area contributed by atoms with Crippen molar-refractivity contribution in [3.63, 3.8) is 0 Å². The van der Waals surface area contributed by atoms with Gasteiger partial charge in [-0.15, -0.1) is 12.4 Å². The Labute approximate surface area is 111 Å². The van der Waals surface area contributed by atoms with Crippen LogP contribution in [-0.2, 0) is 4.79 Å². The molecule has 0 unspecified atom stereocenters. The number of likely N-dealkylation sites (tertiary alicyclic amines) is 1. The van der Waals surface area contributed by atoms with Crippen LogP contribution in [0.1, 0.15) is 44.9 Å². The maximum atomic E-state index is 12.1. The molecule has 0 aromatic heterocycles. The molecule has 0 aromatic rings. The van der Waals surface area contributed by atoms with Crippen LogP contribution in [0, 0.1) is 5.92 Å². The molecule has 0 atom stereocenters. The minimum Gasteiger partial charge on any atom is -0.343 e. The lowest BCUT2D eigenvalue weighted by atomic mass is 10.0. The van der Waals surface area contributed by atoms with E-state index in [4.69, 9.17) is 0 Å². The molecule has 2 fully saturated rings. The van der Waals surface area contributed by atoms with Crippen LogP contribution in [0.15, 0.2) is 0 Å². The fourth-order valence-corrected chi connectivity index (χ4v) is 3.01. The number of nitrogens with zero attached hydrogens (tertiary/aromatic N) is 1. The minimum absolute atomic E-state index is 0. The van der Waals surface area contributed by atoms with E-state index in [-0.39, 0.29) is 12.4 Å². The number of carbonyl (C=O) groups excluding carboxylic acids is 1. The lowest BCUT2D eigenvalue weighted by molar-refractivity contribution is -0.133. The van der Waals surface area contributed by atoms with Gasteiger partial charge in [-0.3, -0.25) is 4.79 Å². The third kappa shape index (κ3) is 4.14. The molecule has 3 nitrogen and oxygen atoms in total. The van der Waals surface area contributed by atoms with Crippen LogP contribution in [0.5, 0.6) is 0 Å². The largest absolute Gasteiger partial charge is 0.343 e.